The SMILES string of the molecule is [CH2]CC(CC#N)[Si](OC)(OC)OC. The maximum Gasteiger partial charge on any atom is 0.504 e. The van der Waals surface area contributed by atoms with Gasteiger partial charge in [-0.3, -0.25) is 0 Å². The smallest absolute Gasteiger partial charge is 0.377 e. The first kappa shape index (κ1) is 12.6. The van der Waals surface area contributed by atoms with E-state index in [4.69, 9.17) is 18.5 Å². The highest BCUT2D eigenvalue weighted by atomic mass is 28.4. The first-order valence-corrected chi connectivity index (χ1v) is 5.82. The molecular formula is C8H16NO3Si. The molecule has 1 unspecified atom stereocenters. The lowest BCUT2D eigenvalue weighted by Gasteiger charge is -2.30. The summed E-state index contributed by atoms with van der Waals surface area (Å²) in [5.41, 5.74) is -0.0440. The lowest BCUT2D eigenvalue weighted by Crippen LogP contribution is -2.47. The average Bonchev–Trinajstić information content (AvgIpc) is 2.19. The molecular weight excluding hydrogens is 186 g/mol. The van der Waals surface area contributed by atoms with E-state index < -0.39 is 8.80 Å². The molecule has 0 aromatic rings. The van der Waals surface area contributed by atoms with Crippen LogP contribution in [0.3, 0.4) is 0 Å². The summed E-state index contributed by atoms with van der Waals surface area (Å²) in [6.07, 6.45) is 0.931. The van der Waals surface area contributed by atoms with E-state index in [0.717, 1.165) is 0 Å². The van der Waals surface area contributed by atoms with Gasteiger partial charge in [0.05, 0.1) is 6.07 Å². The molecule has 0 saturated heterocycles. The largest absolute Gasteiger partial charge is 0.504 e. The zero-order valence-corrected chi connectivity index (χ0v) is 9.37. The third kappa shape index (κ3) is 2.78. The van der Waals surface area contributed by atoms with E-state index in [1.165, 1.54) is 0 Å². The molecule has 0 aliphatic heterocycles. The van der Waals surface area contributed by atoms with Crippen LogP contribution in [-0.4, -0.2) is 30.1 Å². The van der Waals surface area contributed by atoms with Gasteiger partial charge in [-0.1, -0.05) is 6.92 Å². The van der Waals surface area contributed by atoms with E-state index in [1.807, 2.05) is 0 Å². The topological polar surface area (TPSA) is 51.5 Å². The fourth-order valence-electron chi connectivity index (χ4n) is 1.26. The van der Waals surface area contributed by atoms with E-state index in [2.05, 4.69) is 13.0 Å². The second kappa shape index (κ2) is 6.10. The Morgan fingerprint density at radius 1 is 1.31 bits per heavy atom. The van der Waals surface area contributed by atoms with E-state index in [0.29, 0.717) is 12.8 Å². The van der Waals surface area contributed by atoms with Crippen LogP contribution in [0.25, 0.3) is 0 Å². The standard InChI is InChI=1S/C8H16NO3Si/c1-5-8(6-7-9)13(10-2,11-3)12-4/h8H,1,5-6H2,2-4H3. The third-order valence-corrected chi connectivity index (χ3v) is 5.24. The Morgan fingerprint density at radius 3 is 2.00 bits per heavy atom. The van der Waals surface area contributed by atoms with Crippen LogP contribution in [0.15, 0.2) is 0 Å². The van der Waals surface area contributed by atoms with Crippen LogP contribution in [0.5, 0.6) is 0 Å². The van der Waals surface area contributed by atoms with Crippen LogP contribution in [0.4, 0.5) is 0 Å². The van der Waals surface area contributed by atoms with Crippen molar-refractivity contribution in [1.29, 1.82) is 5.26 Å². The van der Waals surface area contributed by atoms with Crippen molar-refractivity contribution >= 4 is 8.80 Å². The van der Waals surface area contributed by atoms with Crippen LogP contribution >= 0.6 is 0 Å². The van der Waals surface area contributed by atoms with Crippen LogP contribution in [0, 0.1) is 18.3 Å². The quantitative estimate of drug-likeness (QED) is 0.610. The Hall–Kier alpha value is -0.413. The molecule has 0 aliphatic rings. The van der Waals surface area contributed by atoms with E-state index >= 15 is 0 Å². The molecule has 5 heteroatoms. The summed E-state index contributed by atoms with van der Waals surface area (Å²) in [5, 5.41) is 8.60. The molecule has 0 aliphatic carbocycles. The summed E-state index contributed by atoms with van der Waals surface area (Å²) in [4.78, 5) is 0. The van der Waals surface area contributed by atoms with Crippen LogP contribution in [-0.2, 0) is 13.3 Å². The van der Waals surface area contributed by atoms with Gasteiger partial charge in [0.2, 0.25) is 0 Å². The molecule has 0 fully saturated rings. The highest BCUT2D eigenvalue weighted by molar-refractivity contribution is 6.62. The van der Waals surface area contributed by atoms with E-state index in [1.54, 1.807) is 21.3 Å². The van der Waals surface area contributed by atoms with Gasteiger partial charge in [-0.25, -0.2) is 0 Å². The molecule has 0 aromatic heterocycles. The molecule has 0 N–H and O–H groups in total. The molecule has 13 heavy (non-hydrogen) atoms. The first-order chi connectivity index (χ1) is 6.20. The first-order valence-electron chi connectivity index (χ1n) is 4.02. The third-order valence-electron chi connectivity index (χ3n) is 2.04. The molecule has 0 rings (SSSR count). The van der Waals surface area contributed by atoms with Gasteiger partial charge >= 0.3 is 8.80 Å². The Bertz CT molecular complexity index is 168. The maximum absolute atomic E-state index is 8.60. The second-order valence-electron chi connectivity index (χ2n) is 2.56. The molecule has 0 amide bonds. The van der Waals surface area contributed by atoms with Crippen molar-refractivity contribution in [3.63, 3.8) is 0 Å². The highest BCUT2D eigenvalue weighted by Crippen LogP contribution is 2.29. The van der Waals surface area contributed by atoms with Crippen molar-refractivity contribution in [1.82, 2.24) is 0 Å². The number of nitriles is 1. The molecule has 0 spiro atoms. The van der Waals surface area contributed by atoms with Crippen LogP contribution in [0.1, 0.15) is 12.8 Å². The van der Waals surface area contributed by atoms with Crippen molar-refractivity contribution in [3.05, 3.63) is 6.92 Å². The van der Waals surface area contributed by atoms with Gasteiger partial charge in [0.1, 0.15) is 0 Å². The maximum atomic E-state index is 8.60. The molecule has 0 bridgehead atoms. The van der Waals surface area contributed by atoms with Crippen molar-refractivity contribution in [2.24, 2.45) is 0 Å². The van der Waals surface area contributed by atoms with E-state index in [-0.39, 0.29) is 5.54 Å². The number of hydrogen-bond donors (Lipinski definition) is 0. The predicted molar refractivity (Wildman–Crippen MR) is 50.7 cm³/mol. The zero-order valence-electron chi connectivity index (χ0n) is 8.37. The predicted octanol–water partition coefficient (Wildman–Crippen LogP) is 1.37. The minimum atomic E-state index is -2.65. The summed E-state index contributed by atoms with van der Waals surface area (Å²) in [7, 11) is 1.97. The van der Waals surface area contributed by atoms with Crippen molar-refractivity contribution in [2.75, 3.05) is 21.3 Å². The Balaban J connectivity index is 4.57. The minimum absolute atomic E-state index is 0.0440. The fraction of sp³-hybridized carbons (Fsp3) is 0.750. The van der Waals surface area contributed by atoms with Gasteiger partial charge in [-0.15, -0.1) is 0 Å². The summed E-state index contributed by atoms with van der Waals surface area (Å²) < 4.78 is 15.7. The summed E-state index contributed by atoms with van der Waals surface area (Å²) in [5.74, 6) is 0. The van der Waals surface area contributed by atoms with Crippen molar-refractivity contribution in [3.8, 4) is 6.07 Å². The van der Waals surface area contributed by atoms with Crippen LogP contribution < -0.4 is 0 Å². The summed E-state index contributed by atoms with van der Waals surface area (Å²) in [6, 6.07) is 2.08. The fourth-order valence-corrected chi connectivity index (χ4v) is 3.46. The lowest BCUT2D eigenvalue weighted by atomic mass is 10.3. The van der Waals surface area contributed by atoms with Crippen molar-refractivity contribution in [2.45, 2.75) is 18.4 Å². The van der Waals surface area contributed by atoms with Gasteiger partial charge < -0.3 is 13.3 Å². The monoisotopic (exact) mass is 202 g/mol. The summed E-state index contributed by atoms with van der Waals surface area (Å²) >= 11 is 0. The Morgan fingerprint density at radius 2 is 1.77 bits per heavy atom. The van der Waals surface area contributed by atoms with Crippen molar-refractivity contribution < 1.29 is 13.3 Å². The van der Waals surface area contributed by atoms with Crippen LogP contribution in [0.2, 0.25) is 5.54 Å². The Labute approximate surface area is 80.8 Å². The molecule has 1 radical (unpaired) electrons. The number of nitrogens with zero attached hydrogens (tertiary/aromatic N) is 1. The Kier molecular flexibility index (Phi) is 5.91. The van der Waals surface area contributed by atoms with E-state index in [9.17, 15) is 0 Å². The zero-order chi connectivity index (χ0) is 10.3. The number of rotatable bonds is 6. The molecule has 0 aromatic carbocycles. The molecule has 4 nitrogen and oxygen atoms in total. The molecule has 0 heterocycles. The normalized spacial score (nSPS) is 13.8. The lowest BCUT2D eigenvalue weighted by molar-refractivity contribution is 0.111. The van der Waals surface area contributed by atoms with Gasteiger partial charge in [-0.2, -0.15) is 5.26 Å². The van der Waals surface area contributed by atoms with Gasteiger partial charge in [0, 0.05) is 33.3 Å². The molecule has 0 saturated carbocycles. The highest BCUT2D eigenvalue weighted by Gasteiger charge is 2.46. The second-order valence-corrected chi connectivity index (χ2v) is 5.81. The minimum Gasteiger partial charge on any atom is -0.377 e. The summed E-state index contributed by atoms with van der Waals surface area (Å²) in [6.45, 7) is 3.76. The number of hydrogen-bond acceptors (Lipinski definition) is 4. The van der Waals surface area contributed by atoms with Gasteiger partial charge in [0.15, 0.2) is 0 Å². The molecule has 75 valence electrons. The van der Waals surface area contributed by atoms with Gasteiger partial charge in [-0.05, 0) is 6.42 Å². The molecule has 1 atom stereocenters. The average molecular weight is 202 g/mol. The van der Waals surface area contributed by atoms with Gasteiger partial charge in [0.25, 0.3) is 0 Å².